The first-order valence-corrected chi connectivity index (χ1v) is 41.7. The van der Waals surface area contributed by atoms with Gasteiger partial charge in [0.25, 0.3) is 21.6 Å². The van der Waals surface area contributed by atoms with E-state index >= 15 is 0 Å². The van der Waals surface area contributed by atoms with E-state index in [-0.39, 0.29) is 53.1 Å². The van der Waals surface area contributed by atoms with E-state index in [9.17, 15) is 38.0 Å². The number of sulfonamides is 1. The van der Waals surface area contributed by atoms with Crippen LogP contribution in [0.4, 0.5) is 17.1 Å². The van der Waals surface area contributed by atoms with Crippen LogP contribution in [0.5, 0.6) is 11.5 Å². The molecule has 29 heteroatoms. The molecule has 0 radical (unpaired) electrons. The average molecular weight is 1580 g/mol. The molecule has 1 aliphatic carbocycles. The molecule has 4 aliphatic heterocycles. The molecule has 111 heavy (non-hydrogen) atoms. The summed E-state index contributed by atoms with van der Waals surface area (Å²) in [5, 5.41) is 34.3. The van der Waals surface area contributed by atoms with Gasteiger partial charge in [0, 0.05) is 112 Å². The Bertz CT molecular complexity index is 4440. The van der Waals surface area contributed by atoms with Gasteiger partial charge >= 0.3 is 0 Å². The standard InChI is InChI=1S/C82H108ClN13O13S2/c1-56-75(110-55-89-56)60-9-7-57(8-10-60)51-88-79(99)73-47-66(97)54-95(73)80(100)76(81(2,3)4)84-27-37-105-39-41-107-43-44-108-42-40-106-38-36-91-28-23-64(24-29-91)93-30-21-58(22-31-93)50-86-71-18-16-68(48-72(71)96(101)102)111(103,104)90-78(98)69-17-15-65(46-74(69)109-67-45-61-20-26-85-77(61)87-52-67)94-34-32-92(33-35-94)53-62-19-25-82(5,6)49-70(62)59-11-13-63(83)14-12-59/h7-18,20,26,45-46,48,52,55,58,64,66,73,76,84,86,97H,19,21-25,27-44,47,49-51,53-54H2,1-6H3,(H,85,87)(H,88,99)(H,90,98)/t66-,73+,76-/m1/s1. The minimum atomic E-state index is -4.63. The first-order valence-electron chi connectivity index (χ1n) is 39.0. The van der Waals surface area contributed by atoms with Gasteiger partial charge in [0.15, 0.2) is 0 Å². The van der Waals surface area contributed by atoms with Gasteiger partial charge in [0.2, 0.25) is 11.8 Å². The predicted molar refractivity (Wildman–Crippen MR) is 432 cm³/mol. The summed E-state index contributed by atoms with van der Waals surface area (Å²) in [5.41, 5.74) is 9.79. The summed E-state index contributed by atoms with van der Waals surface area (Å²) in [6.07, 6.45) is 9.77. The number of piperazine rings is 1. The Morgan fingerprint density at radius 3 is 2.19 bits per heavy atom. The van der Waals surface area contributed by atoms with Gasteiger partial charge in [-0.05, 0) is 166 Å². The van der Waals surface area contributed by atoms with E-state index in [0.717, 1.165) is 141 Å². The Hall–Kier alpha value is -7.97. The van der Waals surface area contributed by atoms with Gasteiger partial charge in [-0.25, -0.2) is 23.1 Å². The molecule has 5 aliphatic rings. The minimum absolute atomic E-state index is 0.0475. The summed E-state index contributed by atoms with van der Waals surface area (Å²) in [6, 6.07) is 27.6. The number of aliphatic hydroxyl groups excluding tert-OH is 1. The number of hydrogen-bond donors (Lipinski definition) is 6. The number of piperidine rings is 2. The Balaban J connectivity index is 0.513. The lowest BCUT2D eigenvalue weighted by Crippen LogP contribution is -2.57. The fraction of sp³-hybridized carbons (Fsp3) is 0.524. The number of allylic oxidation sites excluding steroid dienone is 1. The number of fused-ring (bicyclic) bond motifs is 1. The maximum atomic E-state index is 14.2. The van der Waals surface area contributed by atoms with E-state index in [2.05, 4.69) is 81.2 Å². The molecule has 7 aromatic rings. The number of likely N-dealkylation sites (tertiary alicyclic amines) is 3. The molecule has 598 valence electrons. The van der Waals surface area contributed by atoms with Crippen molar-refractivity contribution in [2.45, 2.75) is 129 Å². The Labute approximate surface area is 660 Å². The number of aliphatic hydroxyl groups is 1. The second-order valence-corrected chi connectivity index (χ2v) is 34.6. The van der Waals surface area contributed by atoms with E-state index in [1.54, 1.807) is 41.8 Å². The number of amides is 3. The number of H-pyrrole nitrogens is 1. The zero-order chi connectivity index (χ0) is 78.2. The summed E-state index contributed by atoms with van der Waals surface area (Å²) in [4.78, 5) is 77.6. The van der Waals surface area contributed by atoms with E-state index in [1.165, 1.54) is 39.9 Å². The number of aromatic amines is 1. The van der Waals surface area contributed by atoms with Crippen LogP contribution in [0.15, 0.2) is 125 Å². The fourth-order valence-corrected chi connectivity index (χ4v) is 17.5. The second-order valence-electron chi connectivity index (χ2n) is 31.6. The summed E-state index contributed by atoms with van der Waals surface area (Å²) in [7, 11) is -4.63. The van der Waals surface area contributed by atoms with Crippen LogP contribution in [0.1, 0.15) is 113 Å². The third-order valence-corrected chi connectivity index (χ3v) is 24.6. The summed E-state index contributed by atoms with van der Waals surface area (Å²) >= 11 is 7.88. The summed E-state index contributed by atoms with van der Waals surface area (Å²) in [6.45, 7) is 25.9. The van der Waals surface area contributed by atoms with Crippen molar-refractivity contribution in [3.8, 4) is 21.9 Å². The number of nitrogens with one attached hydrogen (secondary N) is 5. The van der Waals surface area contributed by atoms with Crippen LogP contribution in [-0.4, -0.2) is 233 Å². The van der Waals surface area contributed by atoms with Crippen LogP contribution in [-0.2, 0) is 45.1 Å². The number of nitro benzene ring substituents is 1. The molecule has 26 nitrogen and oxygen atoms in total. The van der Waals surface area contributed by atoms with Gasteiger partial charge in [-0.15, -0.1) is 11.3 Å². The molecule has 3 atom stereocenters. The number of nitro groups is 1. The highest BCUT2D eigenvalue weighted by Crippen LogP contribution is 2.44. The first kappa shape index (κ1) is 82.5. The molecule has 4 saturated heterocycles. The van der Waals surface area contributed by atoms with Gasteiger partial charge in [-0.1, -0.05) is 88.2 Å². The molecule has 3 aromatic heterocycles. The maximum absolute atomic E-state index is 14.2. The van der Waals surface area contributed by atoms with Crippen LogP contribution in [0, 0.1) is 33.8 Å². The van der Waals surface area contributed by atoms with E-state index < -0.39 is 55.0 Å². The number of carbonyl (C=O) groups excluding carboxylic acids is 3. The van der Waals surface area contributed by atoms with Gasteiger partial charge in [-0.3, -0.25) is 29.4 Å². The number of nitrogens with zero attached hydrogens (tertiary/aromatic N) is 8. The van der Waals surface area contributed by atoms with Crippen molar-refractivity contribution in [3.05, 3.63) is 158 Å². The molecule has 4 aromatic carbocycles. The average Bonchev–Trinajstić information content (AvgIpc) is 1.74. The highest BCUT2D eigenvalue weighted by molar-refractivity contribution is 7.90. The molecule has 6 N–H and O–H groups in total. The second kappa shape index (κ2) is 38.2. The van der Waals surface area contributed by atoms with Crippen LogP contribution in [0.25, 0.3) is 27.0 Å². The van der Waals surface area contributed by atoms with Gasteiger partial charge in [-0.2, -0.15) is 0 Å². The SMILES string of the molecule is Cc1ncsc1-c1ccc(CNC(=O)[C@@H]2C[C@@H](O)CN2C(=O)[C@@H](NCCOCCOCCOCCOCCN2CCC(N3CCC(CNc4ccc(S(=O)(=O)NC(=O)c5ccc(N6CCN(CC7=C(c8ccc(Cl)cc8)CC(C)(C)CC7)CC6)cc5Oc5cnc6[nH]ccc6c5)cc4[N+](=O)[O-])CC3)CC2)C(C)(C)C)cc1. The van der Waals surface area contributed by atoms with Crippen molar-refractivity contribution in [2.75, 3.05) is 148 Å². The van der Waals surface area contributed by atoms with Gasteiger partial charge in [0.05, 0.1) is 103 Å². The topological polar surface area (TPSA) is 301 Å². The summed E-state index contributed by atoms with van der Waals surface area (Å²) in [5.74, 6) is -0.776. The predicted octanol–water partition coefficient (Wildman–Crippen LogP) is 11.2. The van der Waals surface area contributed by atoms with E-state index in [0.29, 0.717) is 103 Å². The third kappa shape index (κ3) is 22.5. The van der Waals surface area contributed by atoms with Crippen LogP contribution >= 0.6 is 22.9 Å². The maximum Gasteiger partial charge on any atom is 0.293 e. The number of thiazole rings is 1. The van der Waals surface area contributed by atoms with Gasteiger partial charge < -0.3 is 69.3 Å². The zero-order valence-corrected chi connectivity index (χ0v) is 67.1. The number of hydrogen-bond acceptors (Lipinski definition) is 22. The van der Waals surface area contributed by atoms with Crippen LogP contribution < -0.4 is 30.3 Å². The number of rotatable bonds is 35. The molecule has 3 amide bonds. The zero-order valence-electron chi connectivity index (χ0n) is 64.7. The lowest BCUT2D eigenvalue weighted by Gasteiger charge is -2.42. The lowest BCUT2D eigenvalue weighted by molar-refractivity contribution is -0.384. The Kier molecular flexibility index (Phi) is 28.4. The highest BCUT2D eigenvalue weighted by Gasteiger charge is 2.44. The Morgan fingerprint density at radius 2 is 1.50 bits per heavy atom. The normalized spacial score (nSPS) is 18.9. The number of β-amino-alcohol motifs (C(OH)–C–C–N with tert-alkyl or cyclic N) is 1. The van der Waals surface area contributed by atoms with Crippen molar-refractivity contribution >= 4 is 84.4 Å². The van der Waals surface area contributed by atoms with Crippen LogP contribution in [0.2, 0.25) is 5.02 Å². The third-order valence-electron chi connectivity index (χ3n) is 22.0. The minimum Gasteiger partial charge on any atom is -0.455 e. The van der Waals surface area contributed by atoms with Crippen molar-refractivity contribution in [3.63, 3.8) is 0 Å². The fourth-order valence-electron chi connectivity index (χ4n) is 15.6. The molecule has 4 fully saturated rings. The number of halogens is 1. The number of carbonyl (C=O) groups is 3. The van der Waals surface area contributed by atoms with Crippen molar-refractivity contribution in [1.82, 2.24) is 49.9 Å². The molecule has 7 heterocycles. The molecular weight excluding hydrogens is 1470 g/mol. The number of anilines is 2. The van der Waals surface area contributed by atoms with Crippen molar-refractivity contribution < 1.29 is 56.5 Å². The molecule has 0 saturated carbocycles. The smallest absolute Gasteiger partial charge is 0.293 e. The first-order chi connectivity index (χ1) is 53.4. The van der Waals surface area contributed by atoms with E-state index in [1.807, 2.05) is 75.7 Å². The van der Waals surface area contributed by atoms with Crippen LogP contribution in [0.3, 0.4) is 0 Å². The lowest BCUT2D eigenvalue weighted by atomic mass is 9.72. The molecule has 0 spiro atoms. The van der Waals surface area contributed by atoms with Gasteiger partial charge in [0.1, 0.15) is 28.9 Å². The number of ether oxygens (including phenoxy) is 5. The molecule has 0 bridgehead atoms. The van der Waals surface area contributed by atoms with Crippen molar-refractivity contribution in [1.29, 1.82) is 0 Å². The molecule has 12 rings (SSSR count). The Morgan fingerprint density at radius 1 is 0.811 bits per heavy atom. The molecular formula is C82H108ClN13O13S2. The van der Waals surface area contributed by atoms with Crippen molar-refractivity contribution in [2.24, 2.45) is 16.7 Å². The molecule has 0 unspecified atom stereocenters. The highest BCUT2D eigenvalue weighted by atomic mass is 35.5. The quantitative estimate of drug-likeness (QED) is 0.0122. The van der Waals surface area contributed by atoms with E-state index in [4.69, 9.17) is 35.3 Å². The monoisotopic (exact) mass is 1580 g/mol. The number of aryl methyl sites for hydroxylation is 1. The number of benzene rings is 4. The summed E-state index contributed by atoms with van der Waals surface area (Å²) < 4.78 is 59.9. The number of pyridine rings is 1. The largest absolute Gasteiger partial charge is 0.455 e. The number of aromatic nitrogens is 3.